The van der Waals surface area contributed by atoms with Crippen molar-refractivity contribution in [3.05, 3.63) is 126 Å². The molecule has 2 bridgehead atoms. The maximum Gasteiger partial charge on any atom is 0.0407 e. The van der Waals surface area contributed by atoms with Gasteiger partial charge in [-0.05, 0) is 47.5 Å². The highest BCUT2D eigenvalue weighted by molar-refractivity contribution is 7.80. The van der Waals surface area contributed by atoms with Crippen molar-refractivity contribution in [1.29, 1.82) is 0 Å². The van der Waals surface area contributed by atoms with Crippen molar-refractivity contribution in [2.45, 2.75) is 13.0 Å². The van der Waals surface area contributed by atoms with Gasteiger partial charge in [-0.1, -0.05) is 103 Å². The van der Waals surface area contributed by atoms with E-state index in [2.05, 4.69) is 115 Å². The molecule has 2 aliphatic rings. The number of hydrogen-bond donors (Lipinski definition) is 1. The molecule has 29 heavy (non-hydrogen) atoms. The lowest BCUT2D eigenvalue weighted by molar-refractivity contribution is 0.771. The number of nitrogens with one attached hydrogen (secondary N) is 1. The van der Waals surface area contributed by atoms with E-state index in [-0.39, 0.29) is 0 Å². The molecule has 1 nitrogen and oxygen atoms in total. The van der Waals surface area contributed by atoms with Gasteiger partial charge in [-0.3, -0.25) is 0 Å². The molecule has 2 heteroatoms. The maximum atomic E-state index is 3.69. The van der Waals surface area contributed by atoms with Crippen LogP contribution in [0.3, 0.4) is 0 Å². The summed E-state index contributed by atoms with van der Waals surface area (Å²) in [5, 5.41) is 8.02. The van der Waals surface area contributed by atoms with E-state index in [9.17, 15) is 0 Å². The molecule has 142 valence electrons. The quantitative estimate of drug-likeness (QED) is 0.590. The van der Waals surface area contributed by atoms with E-state index in [1.807, 2.05) is 0 Å². The van der Waals surface area contributed by atoms with Crippen LogP contribution >= 0.6 is 7.92 Å². The van der Waals surface area contributed by atoms with E-state index in [0.717, 1.165) is 13.0 Å². The van der Waals surface area contributed by atoms with Gasteiger partial charge in [0.2, 0.25) is 0 Å². The number of rotatable bonds is 1. The SMILES string of the molecule is C1=CC2=CC(C=C1)Cc1ccccc1P(c1ccccc1)c1ccccc1CN2. The van der Waals surface area contributed by atoms with Crippen LogP contribution in [0, 0.1) is 5.92 Å². The van der Waals surface area contributed by atoms with Crippen molar-refractivity contribution in [2.75, 3.05) is 0 Å². The first kappa shape index (κ1) is 18.2. The standard InChI is InChI=1S/C27H24NP/c1-2-14-25(15-3-1)29-26-16-8-5-11-22(26)18-21-10-4-7-13-24(19-21)28-20-23-12-6-9-17-27(23)29/h1-17,19,21,28H,18,20H2. The minimum atomic E-state index is -0.613. The molecule has 0 amide bonds. The van der Waals surface area contributed by atoms with E-state index in [4.69, 9.17) is 0 Å². The fourth-order valence-electron chi connectivity index (χ4n) is 4.17. The third kappa shape index (κ3) is 3.84. The molecule has 1 aliphatic heterocycles. The molecule has 0 aromatic heterocycles. The van der Waals surface area contributed by atoms with Crippen molar-refractivity contribution in [3.8, 4) is 0 Å². The summed E-state index contributed by atoms with van der Waals surface area (Å²) in [5.41, 5.74) is 4.03. The Morgan fingerprint density at radius 3 is 2.24 bits per heavy atom. The van der Waals surface area contributed by atoms with Crippen LogP contribution in [-0.4, -0.2) is 0 Å². The molecule has 0 saturated carbocycles. The summed E-state index contributed by atoms with van der Waals surface area (Å²) in [6.07, 6.45) is 12.2. The number of fused-ring (bicyclic) bond motifs is 3. The first-order valence-corrected chi connectivity index (χ1v) is 11.5. The van der Waals surface area contributed by atoms with Gasteiger partial charge in [-0.25, -0.2) is 0 Å². The van der Waals surface area contributed by atoms with Gasteiger partial charge in [0.15, 0.2) is 0 Å². The van der Waals surface area contributed by atoms with Crippen LogP contribution in [0.5, 0.6) is 0 Å². The Morgan fingerprint density at radius 2 is 1.41 bits per heavy atom. The van der Waals surface area contributed by atoms with Crippen LogP contribution < -0.4 is 21.2 Å². The number of allylic oxidation sites excluding steroid dienone is 5. The maximum absolute atomic E-state index is 3.69. The molecule has 0 fully saturated rings. The lowest BCUT2D eigenvalue weighted by Crippen LogP contribution is -2.27. The van der Waals surface area contributed by atoms with Gasteiger partial charge in [-0.2, -0.15) is 0 Å². The van der Waals surface area contributed by atoms with Crippen molar-refractivity contribution >= 4 is 23.8 Å². The van der Waals surface area contributed by atoms with Crippen molar-refractivity contribution in [2.24, 2.45) is 5.92 Å². The highest BCUT2D eigenvalue weighted by Crippen LogP contribution is 2.36. The lowest BCUT2D eigenvalue weighted by atomic mass is 9.98. The number of hydrogen-bond acceptors (Lipinski definition) is 1. The van der Waals surface area contributed by atoms with Gasteiger partial charge in [-0.15, -0.1) is 0 Å². The monoisotopic (exact) mass is 393 g/mol. The topological polar surface area (TPSA) is 12.0 Å². The average molecular weight is 393 g/mol. The molecule has 5 rings (SSSR count). The Hall–Kier alpha value is -2.89. The first-order chi connectivity index (χ1) is 14.4. The average Bonchev–Trinajstić information content (AvgIpc) is 3.01. The summed E-state index contributed by atoms with van der Waals surface area (Å²) >= 11 is 0. The van der Waals surface area contributed by atoms with Crippen LogP contribution in [0.15, 0.2) is 115 Å². The minimum Gasteiger partial charge on any atom is -0.381 e. The van der Waals surface area contributed by atoms with Crippen molar-refractivity contribution in [1.82, 2.24) is 5.32 Å². The fourth-order valence-corrected chi connectivity index (χ4v) is 6.82. The zero-order valence-electron chi connectivity index (χ0n) is 16.3. The summed E-state index contributed by atoms with van der Waals surface area (Å²) in [6.45, 7) is 0.840. The van der Waals surface area contributed by atoms with E-state index in [1.54, 1.807) is 0 Å². The van der Waals surface area contributed by atoms with E-state index < -0.39 is 7.92 Å². The largest absolute Gasteiger partial charge is 0.381 e. The van der Waals surface area contributed by atoms with Crippen molar-refractivity contribution in [3.63, 3.8) is 0 Å². The molecule has 1 N–H and O–H groups in total. The zero-order chi connectivity index (χ0) is 19.5. The molecule has 3 aromatic carbocycles. The fraction of sp³-hybridized carbons (Fsp3) is 0.111. The highest BCUT2D eigenvalue weighted by atomic mass is 31.1. The summed E-state index contributed by atoms with van der Waals surface area (Å²) in [7, 11) is -0.613. The molecule has 0 spiro atoms. The van der Waals surface area contributed by atoms with Crippen LogP contribution in [0.2, 0.25) is 0 Å². The summed E-state index contributed by atoms with van der Waals surface area (Å²) in [4.78, 5) is 0. The molecule has 2 atom stereocenters. The molecule has 1 heterocycles. The van der Waals surface area contributed by atoms with Gasteiger partial charge in [0.25, 0.3) is 0 Å². The third-order valence-electron chi connectivity index (χ3n) is 5.56. The lowest BCUT2D eigenvalue weighted by Gasteiger charge is -2.25. The predicted octanol–water partition coefficient (Wildman–Crippen LogP) is 4.72. The van der Waals surface area contributed by atoms with Crippen LogP contribution in [-0.2, 0) is 13.0 Å². The van der Waals surface area contributed by atoms with Crippen molar-refractivity contribution < 1.29 is 0 Å². The smallest absolute Gasteiger partial charge is 0.0407 e. The van der Waals surface area contributed by atoms with Gasteiger partial charge < -0.3 is 5.32 Å². The molecule has 0 saturated heterocycles. The molecule has 0 radical (unpaired) electrons. The second kappa shape index (κ2) is 8.23. The van der Waals surface area contributed by atoms with Gasteiger partial charge in [0, 0.05) is 18.2 Å². The summed E-state index contributed by atoms with van der Waals surface area (Å²) < 4.78 is 0. The van der Waals surface area contributed by atoms with Gasteiger partial charge in [0.05, 0.1) is 0 Å². The Labute approximate surface area is 174 Å². The van der Waals surface area contributed by atoms with E-state index in [0.29, 0.717) is 5.92 Å². The second-order valence-electron chi connectivity index (χ2n) is 7.52. The van der Waals surface area contributed by atoms with Crippen LogP contribution in [0.25, 0.3) is 0 Å². The third-order valence-corrected chi connectivity index (χ3v) is 8.21. The minimum absolute atomic E-state index is 0.391. The Morgan fingerprint density at radius 1 is 0.724 bits per heavy atom. The van der Waals surface area contributed by atoms with Gasteiger partial charge >= 0.3 is 0 Å². The summed E-state index contributed by atoms with van der Waals surface area (Å²) in [6, 6.07) is 29.0. The second-order valence-corrected chi connectivity index (χ2v) is 9.67. The van der Waals surface area contributed by atoms with Gasteiger partial charge in [0.1, 0.15) is 0 Å². The van der Waals surface area contributed by atoms with E-state index >= 15 is 0 Å². The number of benzene rings is 3. The molecule has 2 unspecified atom stereocenters. The predicted molar refractivity (Wildman–Crippen MR) is 126 cm³/mol. The van der Waals surface area contributed by atoms with Crippen LogP contribution in [0.4, 0.5) is 0 Å². The molecule has 3 aromatic rings. The van der Waals surface area contributed by atoms with E-state index in [1.165, 1.54) is 32.7 Å². The molecule has 1 aliphatic carbocycles. The first-order valence-electron chi connectivity index (χ1n) is 10.2. The Bertz CT molecular complexity index is 1090. The molecular weight excluding hydrogens is 369 g/mol. The molecular formula is C27H24NP. The highest BCUT2D eigenvalue weighted by Gasteiger charge is 2.23. The Balaban J connectivity index is 1.74. The normalized spacial score (nSPS) is 20.3. The summed E-state index contributed by atoms with van der Waals surface area (Å²) in [5.74, 6) is 0.391. The zero-order valence-corrected chi connectivity index (χ0v) is 17.2. The Kier molecular flexibility index (Phi) is 5.15. The van der Waals surface area contributed by atoms with Crippen LogP contribution in [0.1, 0.15) is 11.1 Å².